The lowest BCUT2D eigenvalue weighted by atomic mass is 10.2. The van der Waals surface area contributed by atoms with E-state index < -0.39 is 5.97 Å². The van der Waals surface area contributed by atoms with Gasteiger partial charge in [-0.05, 0) is 12.1 Å². The van der Waals surface area contributed by atoms with Gasteiger partial charge >= 0.3 is 5.97 Å². The number of nitrogens with zero attached hydrogens (tertiary/aromatic N) is 5. The molecule has 0 radical (unpaired) electrons. The third kappa shape index (κ3) is 2.96. The number of ether oxygens (including phenoxy) is 1. The van der Waals surface area contributed by atoms with Gasteiger partial charge in [0.2, 0.25) is 0 Å². The highest BCUT2D eigenvalue weighted by molar-refractivity contribution is 5.86. The first kappa shape index (κ1) is 14.9. The van der Waals surface area contributed by atoms with Crippen LogP contribution in [0.1, 0.15) is 36.1 Å². The fourth-order valence-electron chi connectivity index (χ4n) is 1.91. The third-order valence-electron chi connectivity index (χ3n) is 3.19. The number of methoxy groups -OCH3 is 1. The quantitative estimate of drug-likeness (QED) is 0.681. The average molecular weight is 313 g/mol. The van der Waals surface area contributed by atoms with Gasteiger partial charge in [-0.1, -0.05) is 19.0 Å². The number of carbonyl (C=O) groups excluding carboxylic acids is 1. The van der Waals surface area contributed by atoms with E-state index in [1.165, 1.54) is 13.4 Å². The van der Waals surface area contributed by atoms with Crippen LogP contribution in [-0.4, -0.2) is 37.8 Å². The van der Waals surface area contributed by atoms with Crippen molar-refractivity contribution < 1.29 is 14.1 Å². The molecule has 8 heteroatoms. The van der Waals surface area contributed by atoms with Crippen molar-refractivity contribution >= 4 is 5.97 Å². The van der Waals surface area contributed by atoms with Crippen molar-refractivity contribution in [1.82, 2.24) is 24.7 Å². The Morgan fingerprint density at radius 1 is 1.30 bits per heavy atom. The zero-order valence-corrected chi connectivity index (χ0v) is 12.9. The van der Waals surface area contributed by atoms with E-state index in [-0.39, 0.29) is 11.6 Å². The van der Waals surface area contributed by atoms with Crippen LogP contribution in [0.3, 0.4) is 0 Å². The summed E-state index contributed by atoms with van der Waals surface area (Å²) in [5.74, 6) is 1.39. The first-order valence-electron chi connectivity index (χ1n) is 7.01. The summed E-state index contributed by atoms with van der Waals surface area (Å²) in [6, 6.07) is 3.59. The zero-order valence-electron chi connectivity index (χ0n) is 12.9. The first-order valence-corrected chi connectivity index (χ1v) is 7.01. The van der Waals surface area contributed by atoms with Crippen LogP contribution in [0.2, 0.25) is 0 Å². The average Bonchev–Trinajstić information content (AvgIpc) is 3.24. The highest BCUT2D eigenvalue weighted by Crippen LogP contribution is 2.20. The molecular formula is C15H15N5O3. The maximum Gasteiger partial charge on any atom is 0.358 e. The number of rotatable bonds is 4. The molecule has 0 N–H and O–H groups in total. The van der Waals surface area contributed by atoms with Crippen molar-refractivity contribution in [2.45, 2.75) is 19.8 Å². The minimum absolute atomic E-state index is 0.197. The second kappa shape index (κ2) is 5.99. The number of pyridine rings is 1. The molecule has 0 aromatic carbocycles. The molecule has 0 bridgehead atoms. The number of hydrogen-bond acceptors (Lipinski definition) is 7. The molecule has 0 aliphatic carbocycles. The zero-order chi connectivity index (χ0) is 16.4. The van der Waals surface area contributed by atoms with E-state index in [4.69, 9.17) is 4.52 Å². The Morgan fingerprint density at radius 2 is 2.13 bits per heavy atom. The lowest BCUT2D eigenvalue weighted by Gasteiger charge is -2.01. The highest BCUT2D eigenvalue weighted by atomic mass is 16.5. The molecule has 3 aromatic heterocycles. The maximum absolute atomic E-state index is 11.4. The first-order chi connectivity index (χ1) is 11.1. The summed E-state index contributed by atoms with van der Waals surface area (Å²) in [6.07, 6.45) is 4.68. The van der Waals surface area contributed by atoms with Gasteiger partial charge in [0.15, 0.2) is 11.5 Å². The van der Waals surface area contributed by atoms with E-state index >= 15 is 0 Å². The lowest BCUT2D eigenvalue weighted by Crippen LogP contribution is -2.01. The molecule has 23 heavy (non-hydrogen) atoms. The number of aromatic nitrogens is 5. The van der Waals surface area contributed by atoms with Crippen LogP contribution in [0.15, 0.2) is 35.4 Å². The van der Waals surface area contributed by atoms with E-state index in [0.717, 1.165) is 5.56 Å². The summed E-state index contributed by atoms with van der Waals surface area (Å²) in [4.78, 5) is 24.0. The summed E-state index contributed by atoms with van der Waals surface area (Å²) in [5.41, 5.74) is 0.943. The Bertz CT molecular complexity index is 820. The molecule has 118 valence electrons. The van der Waals surface area contributed by atoms with Gasteiger partial charge in [-0.15, -0.1) is 0 Å². The van der Waals surface area contributed by atoms with E-state index in [9.17, 15) is 4.79 Å². The highest BCUT2D eigenvalue weighted by Gasteiger charge is 2.13. The minimum atomic E-state index is -0.493. The van der Waals surface area contributed by atoms with Crippen LogP contribution < -0.4 is 0 Å². The second-order valence-corrected chi connectivity index (χ2v) is 5.18. The number of carbonyl (C=O) groups is 1. The SMILES string of the molecule is COC(=O)c1cn(-c2ccc(-c3nc(C(C)C)no3)cn2)cn1. The van der Waals surface area contributed by atoms with Gasteiger partial charge in [-0.2, -0.15) is 4.98 Å². The molecule has 0 spiro atoms. The Labute approximate surface area is 132 Å². The van der Waals surface area contributed by atoms with Gasteiger partial charge in [-0.25, -0.2) is 14.8 Å². The molecule has 0 aliphatic rings. The summed E-state index contributed by atoms with van der Waals surface area (Å²) in [6.45, 7) is 3.99. The lowest BCUT2D eigenvalue weighted by molar-refractivity contribution is 0.0594. The van der Waals surface area contributed by atoms with Gasteiger partial charge in [0.1, 0.15) is 12.1 Å². The molecule has 0 amide bonds. The number of esters is 1. The smallest absolute Gasteiger partial charge is 0.358 e. The van der Waals surface area contributed by atoms with Crippen molar-refractivity contribution in [3.8, 4) is 17.3 Å². The molecule has 0 saturated heterocycles. The fraction of sp³-hybridized carbons (Fsp3) is 0.267. The van der Waals surface area contributed by atoms with Crippen molar-refractivity contribution in [2.75, 3.05) is 7.11 Å². The van der Waals surface area contributed by atoms with E-state index in [1.54, 1.807) is 23.0 Å². The largest absolute Gasteiger partial charge is 0.464 e. The van der Waals surface area contributed by atoms with Gasteiger partial charge in [-0.3, -0.25) is 4.57 Å². The van der Waals surface area contributed by atoms with E-state index in [0.29, 0.717) is 17.5 Å². The van der Waals surface area contributed by atoms with E-state index in [2.05, 4.69) is 24.8 Å². The standard InChI is InChI=1S/C15H15N5O3/c1-9(2)13-18-14(23-19-13)10-4-5-12(16-6-10)20-7-11(17-8-20)15(21)22-3/h4-9H,1-3H3. The fourth-order valence-corrected chi connectivity index (χ4v) is 1.91. The molecule has 3 aromatic rings. The van der Waals surface area contributed by atoms with Gasteiger partial charge in [0.25, 0.3) is 5.89 Å². The van der Waals surface area contributed by atoms with Gasteiger partial charge in [0.05, 0.1) is 12.7 Å². The molecule has 0 fully saturated rings. The van der Waals surface area contributed by atoms with Gasteiger partial charge < -0.3 is 9.26 Å². The summed E-state index contributed by atoms with van der Waals surface area (Å²) in [5, 5.41) is 3.92. The van der Waals surface area contributed by atoms with Crippen LogP contribution in [-0.2, 0) is 4.74 Å². The summed E-state index contributed by atoms with van der Waals surface area (Å²) >= 11 is 0. The monoisotopic (exact) mass is 313 g/mol. The maximum atomic E-state index is 11.4. The van der Waals surface area contributed by atoms with Crippen molar-refractivity contribution in [1.29, 1.82) is 0 Å². The van der Waals surface area contributed by atoms with Gasteiger partial charge in [0, 0.05) is 18.3 Å². The topological polar surface area (TPSA) is 95.9 Å². The van der Waals surface area contributed by atoms with Crippen LogP contribution in [0.4, 0.5) is 0 Å². The molecule has 8 nitrogen and oxygen atoms in total. The predicted octanol–water partition coefficient (Wildman–Crippen LogP) is 2.23. The van der Waals surface area contributed by atoms with Crippen LogP contribution in [0.5, 0.6) is 0 Å². The summed E-state index contributed by atoms with van der Waals surface area (Å²) < 4.78 is 11.5. The Balaban J connectivity index is 1.84. The Kier molecular flexibility index (Phi) is 3.88. The van der Waals surface area contributed by atoms with Crippen molar-refractivity contribution in [3.63, 3.8) is 0 Å². The molecule has 3 heterocycles. The number of hydrogen-bond donors (Lipinski definition) is 0. The third-order valence-corrected chi connectivity index (χ3v) is 3.19. The Hall–Kier alpha value is -3.03. The normalized spacial score (nSPS) is 11.0. The summed E-state index contributed by atoms with van der Waals surface area (Å²) in [7, 11) is 1.31. The Morgan fingerprint density at radius 3 is 2.74 bits per heavy atom. The molecule has 0 aliphatic heterocycles. The second-order valence-electron chi connectivity index (χ2n) is 5.18. The molecule has 3 rings (SSSR count). The minimum Gasteiger partial charge on any atom is -0.464 e. The van der Waals surface area contributed by atoms with Crippen LogP contribution >= 0.6 is 0 Å². The molecule has 0 atom stereocenters. The molecule has 0 saturated carbocycles. The van der Waals surface area contributed by atoms with Crippen LogP contribution in [0, 0.1) is 0 Å². The molecular weight excluding hydrogens is 298 g/mol. The van der Waals surface area contributed by atoms with E-state index in [1.807, 2.05) is 19.9 Å². The predicted molar refractivity (Wildman–Crippen MR) is 80.1 cm³/mol. The van der Waals surface area contributed by atoms with Crippen molar-refractivity contribution in [2.24, 2.45) is 0 Å². The molecule has 0 unspecified atom stereocenters. The number of imidazole rings is 1. The van der Waals surface area contributed by atoms with Crippen molar-refractivity contribution in [3.05, 3.63) is 42.4 Å². The van der Waals surface area contributed by atoms with Crippen LogP contribution in [0.25, 0.3) is 17.3 Å².